The van der Waals surface area contributed by atoms with Gasteiger partial charge in [0.15, 0.2) is 0 Å². The SMILES string of the molecule is ClC[C@H]1C[C@@H]1c1ccccc1. The van der Waals surface area contributed by atoms with Gasteiger partial charge in [-0.2, -0.15) is 0 Å². The summed E-state index contributed by atoms with van der Waals surface area (Å²) in [5.41, 5.74) is 1.46. The fourth-order valence-electron chi connectivity index (χ4n) is 1.53. The standard InChI is InChI=1S/C10H11Cl/c11-7-9-6-10(9)8-4-2-1-3-5-8/h1-5,9-10H,6-7H2/t9-,10-/m1/s1. The van der Waals surface area contributed by atoms with Crippen LogP contribution in [0.5, 0.6) is 0 Å². The third-order valence-corrected chi connectivity index (χ3v) is 2.74. The molecule has 0 heterocycles. The van der Waals surface area contributed by atoms with Gasteiger partial charge in [0.1, 0.15) is 0 Å². The number of alkyl halides is 1. The molecule has 0 N–H and O–H groups in total. The Kier molecular flexibility index (Phi) is 1.87. The summed E-state index contributed by atoms with van der Waals surface area (Å²) in [4.78, 5) is 0. The predicted octanol–water partition coefficient (Wildman–Crippen LogP) is 3.03. The highest BCUT2D eigenvalue weighted by molar-refractivity contribution is 6.18. The van der Waals surface area contributed by atoms with Crippen molar-refractivity contribution in [2.45, 2.75) is 12.3 Å². The Balaban J connectivity index is 2.09. The molecule has 0 aliphatic heterocycles. The predicted molar refractivity (Wildman–Crippen MR) is 48.0 cm³/mol. The van der Waals surface area contributed by atoms with Gasteiger partial charge < -0.3 is 0 Å². The van der Waals surface area contributed by atoms with Crippen LogP contribution in [0.4, 0.5) is 0 Å². The molecule has 0 amide bonds. The van der Waals surface area contributed by atoms with Crippen LogP contribution in [0.25, 0.3) is 0 Å². The Morgan fingerprint density at radius 1 is 1.27 bits per heavy atom. The fourth-order valence-corrected chi connectivity index (χ4v) is 1.87. The Bertz CT molecular complexity index is 230. The molecule has 0 aromatic heterocycles. The zero-order chi connectivity index (χ0) is 7.68. The van der Waals surface area contributed by atoms with Crippen molar-refractivity contribution in [1.82, 2.24) is 0 Å². The van der Waals surface area contributed by atoms with Crippen LogP contribution in [0.15, 0.2) is 30.3 Å². The van der Waals surface area contributed by atoms with Crippen LogP contribution >= 0.6 is 11.6 Å². The zero-order valence-electron chi connectivity index (χ0n) is 6.33. The maximum absolute atomic E-state index is 5.74. The maximum Gasteiger partial charge on any atom is 0.0257 e. The van der Waals surface area contributed by atoms with Crippen LogP contribution in [0.1, 0.15) is 17.9 Å². The smallest absolute Gasteiger partial charge is 0.0257 e. The van der Waals surface area contributed by atoms with Crippen LogP contribution in [0, 0.1) is 5.92 Å². The topological polar surface area (TPSA) is 0 Å². The Labute approximate surface area is 72.2 Å². The first-order valence-corrected chi connectivity index (χ1v) is 4.56. The molecule has 58 valence electrons. The van der Waals surface area contributed by atoms with E-state index in [0.717, 1.165) is 17.7 Å². The third-order valence-electron chi connectivity index (χ3n) is 2.35. The van der Waals surface area contributed by atoms with Crippen LogP contribution in [-0.2, 0) is 0 Å². The van der Waals surface area contributed by atoms with Gasteiger partial charge in [-0.1, -0.05) is 30.3 Å². The van der Waals surface area contributed by atoms with E-state index in [0.29, 0.717) is 0 Å². The summed E-state index contributed by atoms with van der Waals surface area (Å²) in [6, 6.07) is 10.6. The summed E-state index contributed by atoms with van der Waals surface area (Å²) in [7, 11) is 0. The van der Waals surface area contributed by atoms with E-state index in [-0.39, 0.29) is 0 Å². The second kappa shape index (κ2) is 2.86. The summed E-state index contributed by atoms with van der Waals surface area (Å²) >= 11 is 5.74. The molecule has 1 aromatic rings. The summed E-state index contributed by atoms with van der Waals surface area (Å²) in [6.07, 6.45) is 1.29. The van der Waals surface area contributed by atoms with Crippen LogP contribution < -0.4 is 0 Å². The van der Waals surface area contributed by atoms with E-state index in [1.165, 1.54) is 12.0 Å². The minimum absolute atomic E-state index is 0.749. The summed E-state index contributed by atoms with van der Waals surface area (Å²) < 4.78 is 0. The Morgan fingerprint density at radius 3 is 2.55 bits per heavy atom. The normalized spacial score (nSPS) is 28.5. The first-order valence-electron chi connectivity index (χ1n) is 4.02. The quantitative estimate of drug-likeness (QED) is 0.593. The molecule has 2 rings (SSSR count). The largest absolute Gasteiger partial charge is 0.126 e. The van der Waals surface area contributed by atoms with Crippen molar-refractivity contribution in [3.05, 3.63) is 35.9 Å². The van der Waals surface area contributed by atoms with E-state index in [1.807, 2.05) is 0 Å². The highest BCUT2D eigenvalue weighted by atomic mass is 35.5. The number of halogens is 1. The van der Waals surface area contributed by atoms with Gasteiger partial charge in [0.2, 0.25) is 0 Å². The molecule has 1 aliphatic rings. The second-order valence-electron chi connectivity index (χ2n) is 3.17. The Morgan fingerprint density at radius 2 is 2.00 bits per heavy atom. The third kappa shape index (κ3) is 1.41. The van der Waals surface area contributed by atoms with Crippen molar-refractivity contribution in [3.8, 4) is 0 Å². The van der Waals surface area contributed by atoms with Crippen molar-refractivity contribution in [1.29, 1.82) is 0 Å². The molecule has 0 saturated heterocycles. The van der Waals surface area contributed by atoms with Crippen molar-refractivity contribution in [2.24, 2.45) is 5.92 Å². The molecule has 1 fully saturated rings. The molecule has 1 saturated carbocycles. The highest BCUT2D eigenvalue weighted by Crippen LogP contribution is 2.47. The minimum Gasteiger partial charge on any atom is -0.126 e. The monoisotopic (exact) mass is 166 g/mol. The van der Waals surface area contributed by atoms with Gasteiger partial charge in [0, 0.05) is 5.88 Å². The summed E-state index contributed by atoms with van der Waals surface area (Å²) in [6.45, 7) is 0. The van der Waals surface area contributed by atoms with Crippen LogP contribution in [0.3, 0.4) is 0 Å². The molecule has 0 nitrogen and oxygen atoms in total. The number of benzene rings is 1. The number of hydrogen-bond acceptors (Lipinski definition) is 0. The minimum atomic E-state index is 0.749. The lowest BCUT2D eigenvalue weighted by Gasteiger charge is -1.95. The van der Waals surface area contributed by atoms with E-state index in [2.05, 4.69) is 30.3 Å². The van der Waals surface area contributed by atoms with Gasteiger partial charge in [-0.15, -0.1) is 11.6 Å². The van der Waals surface area contributed by atoms with Gasteiger partial charge in [-0.05, 0) is 23.8 Å². The van der Waals surface area contributed by atoms with Gasteiger partial charge in [-0.25, -0.2) is 0 Å². The Hall–Kier alpha value is -0.490. The molecule has 0 bridgehead atoms. The molecule has 1 aliphatic carbocycles. The van der Waals surface area contributed by atoms with E-state index in [1.54, 1.807) is 0 Å². The number of rotatable bonds is 2. The molecule has 0 unspecified atom stereocenters. The second-order valence-corrected chi connectivity index (χ2v) is 3.48. The lowest BCUT2D eigenvalue weighted by Crippen LogP contribution is -1.82. The first-order chi connectivity index (χ1) is 5.42. The number of hydrogen-bond donors (Lipinski definition) is 0. The fraction of sp³-hybridized carbons (Fsp3) is 0.400. The van der Waals surface area contributed by atoms with Gasteiger partial charge in [0.25, 0.3) is 0 Å². The molecule has 0 radical (unpaired) electrons. The van der Waals surface area contributed by atoms with Gasteiger partial charge >= 0.3 is 0 Å². The molecule has 0 spiro atoms. The molecule has 2 atom stereocenters. The van der Waals surface area contributed by atoms with E-state index >= 15 is 0 Å². The lowest BCUT2D eigenvalue weighted by atomic mass is 10.1. The summed E-state index contributed by atoms with van der Waals surface area (Å²) in [5, 5.41) is 0. The van der Waals surface area contributed by atoms with Crippen molar-refractivity contribution < 1.29 is 0 Å². The van der Waals surface area contributed by atoms with E-state index in [4.69, 9.17) is 11.6 Å². The lowest BCUT2D eigenvalue weighted by molar-refractivity contribution is 0.923. The molecule has 1 heteroatoms. The molecular formula is C10H11Cl. The van der Waals surface area contributed by atoms with Crippen molar-refractivity contribution in [2.75, 3.05) is 5.88 Å². The highest BCUT2D eigenvalue weighted by Gasteiger charge is 2.36. The first kappa shape index (κ1) is 7.17. The zero-order valence-corrected chi connectivity index (χ0v) is 7.09. The average Bonchev–Trinajstić information content (AvgIpc) is 2.85. The van der Waals surface area contributed by atoms with Crippen LogP contribution in [0.2, 0.25) is 0 Å². The van der Waals surface area contributed by atoms with Gasteiger partial charge in [0.05, 0.1) is 0 Å². The van der Waals surface area contributed by atoms with E-state index in [9.17, 15) is 0 Å². The summed E-state index contributed by atoms with van der Waals surface area (Å²) in [5.74, 6) is 2.33. The maximum atomic E-state index is 5.74. The van der Waals surface area contributed by atoms with Gasteiger partial charge in [-0.3, -0.25) is 0 Å². The van der Waals surface area contributed by atoms with E-state index < -0.39 is 0 Å². The molecule has 1 aromatic carbocycles. The van der Waals surface area contributed by atoms with Crippen molar-refractivity contribution in [3.63, 3.8) is 0 Å². The van der Waals surface area contributed by atoms with Crippen LogP contribution in [-0.4, -0.2) is 5.88 Å². The average molecular weight is 167 g/mol. The van der Waals surface area contributed by atoms with Crippen molar-refractivity contribution >= 4 is 11.6 Å². The molecule has 11 heavy (non-hydrogen) atoms. The molecular weight excluding hydrogens is 156 g/mol.